The lowest BCUT2D eigenvalue weighted by Gasteiger charge is -2.29. The normalized spacial score (nSPS) is 12.4. The molecule has 1 amide bonds. The molecule has 3 rings (SSSR count). The molecule has 1 atom stereocenters. The van der Waals surface area contributed by atoms with Gasteiger partial charge in [-0.3, -0.25) is 13.8 Å². The number of aryl methyl sites for hydroxylation is 2. The molecule has 3 aromatic rings. The van der Waals surface area contributed by atoms with Crippen LogP contribution in [0.3, 0.4) is 0 Å². The second-order valence-electron chi connectivity index (χ2n) is 8.71. The second kappa shape index (κ2) is 11.3. The fourth-order valence-electron chi connectivity index (χ4n) is 3.79. The van der Waals surface area contributed by atoms with Gasteiger partial charge < -0.3 is 14.8 Å². The number of hydrogen-bond donors (Lipinski definition) is 2. The van der Waals surface area contributed by atoms with Gasteiger partial charge in [-0.25, -0.2) is 16.8 Å². The fraction of sp³-hybridized carbons (Fsp3) is 0.269. The summed E-state index contributed by atoms with van der Waals surface area (Å²) < 4.78 is 65.0. The lowest BCUT2D eigenvalue weighted by Crippen LogP contribution is -2.45. The summed E-state index contributed by atoms with van der Waals surface area (Å²) in [4.78, 5) is 13.0. The minimum absolute atomic E-state index is 0.0467. The zero-order valence-electron chi connectivity index (χ0n) is 22.0. The van der Waals surface area contributed by atoms with Crippen molar-refractivity contribution in [2.24, 2.45) is 0 Å². The van der Waals surface area contributed by atoms with Crippen molar-refractivity contribution in [1.29, 1.82) is 0 Å². The molecule has 0 unspecified atom stereocenters. The van der Waals surface area contributed by atoms with Crippen molar-refractivity contribution < 1.29 is 31.1 Å². The Bertz CT molecular complexity index is 1540. The van der Waals surface area contributed by atoms with E-state index in [0.29, 0.717) is 22.7 Å². The summed E-state index contributed by atoms with van der Waals surface area (Å²) in [6.07, 6.45) is 1.04. The predicted molar refractivity (Wildman–Crippen MR) is 148 cm³/mol. The number of benzene rings is 3. The average molecular weight is 562 g/mol. The Labute approximate surface area is 223 Å². The highest BCUT2D eigenvalue weighted by atomic mass is 32.2. The van der Waals surface area contributed by atoms with Gasteiger partial charge in [0, 0.05) is 11.8 Å². The topological polar surface area (TPSA) is 131 Å². The van der Waals surface area contributed by atoms with Crippen molar-refractivity contribution >= 4 is 43.0 Å². The average Bonchev–Trinajstić information content (AvgIpc) is 2.85. The molecule has 38 heavy (non-hydrogen) atoms. The minimum Gasteiger partial charge on any atom is -0.497 e. The number of anilines is 3. The standard InChI is InChI=1S/C26H31N3O7S2/c1-17-7-8-18(2)24(15-17)29(37(6,31)32)19(3)26(30)27-20-9-12-22(13-10-20)38(33,34)28-23-14-11-21(35-4)16-25(23)36-5/h7-16,19,28H,1-6H3,(H,27,30)/t19-/m1/s1. The summed E-state index contributed by atoms with van der Waals surface area (Å²) in [7, 11) is -4.87. The zero-order chi connectivity index (χ0) is 28.3. The fourth-order valence-corrected chi connectivity index (χ4v) is 6.08. The van der Waals surface area contributed by atoms with Gasteiger partial charge in [0.25, 0.3) is 10.0 Å². The maximum atomic E-state index is 13.0. The van der Waals surface area contributed by atoms with Crippen LogP contribution in [0.1, 0.15) is 18.1 Å². The van der Waals surface area contributed by atoms with E-state index in [1.807, 2.05) is 13.0 Å². The van der Waals surface area contributed by atoms with Gasteiger partial charge in [0.2, 0.25) is 15.9 Å². The molecule has 204 valence electrons. The number of carbonyl (C=O) groups excluding carboxylic acids is 1. The Balaban J connectivity index is 1.80. The molecular weight excluding hydrogens is 530 g/mol. The number of nitrogens with zero attached hydrogens (tertiary/aromatic N) is 1. The molecule has 0 aliphatic heterocycles. The molecular formula is C26H31N3O7S2. The Hall–Kier alpha value is -3.77. The largest absolute Gasteiger partial charge is 0.497 e. The molecule has 12 heteroatoms. The van der Waals surface area contributed by atoms with Crippen molar-refractivity contribution in [3.63, 3.8) is 0 Å². The van der Waals surface area contributed by atoms with Crippen molar-refractivity contribution in [2.75, 3.05) is 34.8 Å². The Morgan fingerprint density at radius 2 is 1.55 bits per heavy atom. The van der Waals surface area contributed by atoms with Crippen LogP contribution >= 0.6 is 0 Å². The lowest BCUT2D eigenvalue weighted by atomic mass is 10.1. The van der Waals surface area contributed by atoms with Crippen LogP contribution in [0.5, 0.6) is 11.5 Å². The number of hydrogen-bond acceptors (Lipinski definition) is 7. The number of carbonyl (C=O) groups is 1. The van der Waals surface area contributed by atoms with E-state index in [1.54, 1.807) is 31.2 Å². The number of rotatable bonds is 10. The first-order valence-corrected chi connectivity index (χ1v) is 14.8. The molecule has 0 aromatic heterocycles. The van der Waals surface area contributed by atoms with Crippen molar-refractivity contribution in [2.45, 2.75) is 31.7 Å². The summed E-state index contributed by atoms with van der Waals surface area (Å²) in [5.41, 5.74) is 2.50. The Kier molecular flexibility index (Phi) is 8.58. The molecule has 0 bridgehead atoms. The van der Waals surface area contributed by atoms with Gasteiger partial charge in [-0.2, -0.15) is 0 Å². The third-order valence-electron chi connectivity index (χ3n) is 5.78. The summed E-state index contributed by atoms with van der Waals surface area (Å²) in [6.45, 7) is 5.10. The van der Waals surface area contributed by atoms with Crippen LogP contribution in [0.4, 0.5) is 17.1 Å². The SMILES string of the molecule is COc1ccc(NS(=O)(=O)c2ccc(NC(=O)[C@@H](C)N(c3cc(C)ccc3C)S(C)(=O)=O)cc2)c(OC)c1. The third-order valence-corrected chi connectivity index (χ3v) is 8.38. The number of nitrogens with one attached hydrogen (secondary N) is 2. The molecule has 0 saturated carbocycles. The Morgan fingerprint density at radius 1 is 0.895 bits per heavy atom. The minimum atomic E-state index is -3.98. The molecule has 0 fully saturated rings. The molecule has 0 heterocycles. The first kappa shape index (κ1) is 28.8. The smallest absolute Gasteiger partial charge is 0.262 e. The molecule has 0 aliphatic carbocycles. The van der Waals surface area contributed by atoms with Gasteiger partial charge >= 0.3 is 0 Å². The summed E-state index contributed by atoms with van der Waals surface area (Å²) in [5, 5.41) is 2.66. The lowest BCUT2D eigenvalue weighted by molar-refractivity contribution is -0.116. The van der Waals surface area contributed by atoms with E-state index >= 15 is 0 Å². The zero-order valence-corrected chi connectivity index (χ0v) is 23.6. The molecule has 10 nitrogen and oxygen atoms in total. The van der Waals surface area contributed by atoms with Crippen LogP contribution in [0.15, 0.2) is 65.6 Å². The van der Waals surface area contributed by atoms with E-state index in [-0.39, 0.29) is 16.3 Å². The van der Waals surface area contributed by atoms with Crippen LogP contribution in [-0.4, -0.2) is 49.3 Å². The summed E-state index contributed by atoms with van der Waals surface area (Å²) in [5.74, 6) is 0.212. The highest BCUT2D eigenvalue weighted by Gasteiger charge is 2.30. The highest BCUT2D eigenvalue weighted by Crippen LogP contribution is 2.31. The first-order chi connectivity index (χ1) is 17.8. The van der Waals surface area contributed by atoms with Crippen molar-refractivity contribution in [3.8, 4) is 11.5 Å². The van der Waals surface area contributed by atoms with Crippen LogP contribution in [0.2, 0.25) is 0 Å². The monoisotopic (exact) mass is 561 g/mol. The number of methoxy groups -OCH3 is 2. The first-order valence-electron chi connectivity index (χ1n) is 11.5. The van der Waals surface area contributed by atoms with Crippen LogP contribution in [0, 0.1) is 13.8 Å². The highest BCUT2D eigenvalue weighted by molar-refractivity contribution is 7.92. The Morgan fingerprint density at radius 3 is 2.13 bits per heavy atom. The number of sulfonamides is 2. The van der Waals surface area contributed by atoms with E-state index in [9.17, 15) is 21.6 Å². The maximum absolute atomic E-state index is 13.0. The van der Waals surface area contributed by atoms with Crippen LogP contribution in [0.25, 0.3) is 0 Å². The van der Waals surface area contributed by atoms with Crippen molar-refractivity contribution in [1.82, 2.24) is 0 Å². The van der Waals surface area contributed by atoms with Gasteiger partial charge in [0.1, 0.15) is 17.5 Å². The molecule has 0 saturated heterocycles. The van der Waals surface area contributed by atoms with E-state index in [1.165, 1.54) is 51.5 Å². The number of amides is 1. The molecule has 3 aromatic carbocycles. The molecule has 2 N–H and O–H groups in total. The molecule has 0 radical (unpaired) electrons. The van der Waals surface area contributed by atoms with Gasteiger partial charge in [0.05, 0.1) is 36.7 Å². The predicted octanol–water partition coefficient (Wildman–Crippen LogP) is 3.91. The van der Waals surface area contributed by atoms with Gasteiger partial charge in [-0.05, 0) is 74.4 Å². The van der Waals surface area contributed by atoms with E-state index in [0.717, 1.165) is 16.1 Å². The second-order valence-corrected chi connectivity index (χ2v) is 12.3. The van der Waals surface area contributed by atoms with Gasteiger partial charge in [-0.15, -0.1) is 0 Å². The van der Waals surface area contributed by atoms with E-state index in [2.05, 4.69) is 10.0 Å². The maximum Gasteiger partial charge on any atom is 0.262 e. The quantitative estimate of drug-likeness (QED) is 0.384. The van der Waals surface area contributed by atoms with E-state index in [4.69, 9.17) is 9.47 Å². The molecule has 0 aliphatic rings. The van der Waals surface area contributed by atoms with Gasteiger partial charge in [0.15, 0.2) is 0 Å². The summed E-state index contributed by atoms with van der Waals surface area (Å²) in [6, 6.07) is 14.5. The van der Waals surface area contributed by atoms with E-state index < -0.39 is 32.0 Å². The summed E-state index contributed by atoms with van der Waals surface area (Å²) >= 11 is 0. The van der Waals surface area contributed by atoms with Gasteiger partial charge in [-0.1, -0.05) is 12.1 Å². The molecule has 0 spiro atoms. The third kappa shape index (κ3) is 6.56. The van der Waals surface area contributed by atoms with Crippen LogP contribution < -0.4 is 23.8 Å². The van der Waals surface area contributed by atoms with Crippen LogP contribution in [-0.2, 0) is 24.8 Å². The number of ether oxygens (including phenoxy) is 2. The van der Waals surface area contributed by atoms with Crippen molar-refractivity contribution in [3.05, 3.63) is 71.8 Å².